The van der Waals surface area contributed by atoms with Crippen LogP contribution < -0.4 is 4.74 Å². The molecule has 0 bridgehead atoms. The highest BCUT2D eigenvalue weighted by molar-refractivity contribution is 5.89. The number of esters is 2. The minimum atomic E-state index is -0.413. The molecule has 1 aromatic rings. The SMILES string of the molecule is CCCC[C@H]1C[C@@H](COC(=O)c2ccc(OCC(C)C)cc2)OC1=O. The fraction of sp³-hybridized carbons (Fsp3) is 0.600. The number of carbonyl (C=O) groups is 2. The van der Waals surface area contributed by atoms with Gasteiger partial charge < -0.3 is 14.2 Å². The second-order valence-electron chi connectivity index (χ2n) is 6.96. The van der Waals surface area contributed by atoms with E-state index < -0.39 is 5.97 Å². The molecule has 138 valence electrons. The summed E-state index contributed by atoms with van der Waals surface area (Å²) in [4.78, 5) is 23.9. The van der Waals surface area contributed by atoms with Crippen molar-refractivity contribution >= 4 is 11.9 Å². The molecule has 1 fully saturated rings. The van der Waals surface area contributed by atoms with E-state index in [-0.39, 0.29) is 24.6 Å². The Morgan fingerprint density at radius 1 is 1.28 bits per heavy atom. The molecular formula is C20H28O5. The predicted molar refractivity (Wildman–Crippen MR) is 94.6 cm³/mol. The van der Waals surface area contributed by atoms with Crippen LogP contribution in [0.1, 0.15) is 56.8 Å². The van der Waals surface area contributed by atoms with Crippen molar-refractivity contribution in [3.63, 3.8) is 0 Å². The summed E-state index contributed by atoms with van der Waals surface area (Å²) >= 11 is 0. The lowest BCUT2D eigenvalue weighted by molar-refractivity contribution is -0.145. The van der Waals surface area contributed by atoms with Gasteiger partial charge in [0.25, 0.3) is 0 Å². The first-order chi connectivity index (χ1) is 12.0. The topological polar surface area (TPSA) is 61.8 Å². The molecule has 2 atom stereocenters. The van der Waals surface area contributed by atoms with Crippen LogP contribution in [0, 0.1) is 11.8 Å². The number of cyclic esters (lactones) is 1. The number of unbranched alkanes of at least 4 members (excludes halogenated alkanes) is 1. The van der Waals surface area contributed by atoms with Crippen LogP contribution in [0.25, 0.3) is 0 Å². The highest BCUT2D eigenvalue weighted by Crippen LogP contribution is 2.26. The second kappa shape index (κ2) is 9.44. The van der Waals surface area contributed by atoms with Crippen LogP contribution in [0.15, 0.2) is 24.3 Å². The zero-order valence-corrected chi connectivity index (χ0v) is 15.3. The van der Waals surface area contributed by atoms with Gasteiger partial charge in [0.2, 0.25) is 0 Å². The zero-order valence-electron chi connectivity index (χ0n) is 15.3. The molecule has 0 N–H and O–H groups in total. The van der Waals surface area contributed by atoms with E-state index in [9.17, 15) is 9.59 Å². The van der Waals surface area contributed by atoms with Crippen molar-refractivity contribution in [2.45, 2.75) is 52.6 Å². The van der Waals surface area contributed by atoms with Crippen LogP contribution >= 0.6 is 0 Å². The summed E-state index contributed by atoms with van der Waals surface area (Å²) in [6.45, 7) is 7.00. The first kappa shape index (κ1) is 19.3. The van der Waals surface area contributed by atoms with Crippen molar-refractivity contribution in [1.82, 2.24) is 0 Å². The van der Waals surface area contributed by atoms with E-state index >= 15 is 0 Å². The summed E-state index contributed by atoms with van der Waals surface area (Å²) in [7, 11) is 0. The van der Waals surface area contributed by atoms with Crippen molar-refractivity contribution in [2.24, 2.45) is 11.8 Å². The summed E-state index contributed by atoms with van der Waals surface area (Å²) in [5.41, 5.74) is 0.462. The Labute approximate surface area is 149 Å². The summed E-state index contributed by atoms with van der Waals surface area (Å²) in [6.07, 6.45) is 3.22. The van der Waals surface area contributed by atoms with Crippen LogP contribution in [-0.4, -0.2) is 31.3 Å². The molecule has 1 heterocycles. The highest BCUT2D eigenvalue weighted by Gasteiger charge is 2.34. The maximum absolute atomic E-state index is 12.1. The number of hydrogen-bond donors (Lipinski definition) is 0. The molecule has 0 saturated carbocycles. The Morgan fingerprint density at radius 2 is 2.00 bits per heavy atom. The molecule has 1 saturated heterocycles. The monoisotopic (exact) mass is 348 g/mol. The van der Waals surface area contributed by atoms with Crippen LogP contribution in [0.5, 0.6) is 5.75 Å². The van der Waals surface area contributed by atoms with Gasteiger partial charge in [-0.1, -0.05) is 33.6 Å². The molecule has 0 aliphatic carbocycles. The Bertz CT molecular complexity index is 564. The standard InChI is InChI=1S/C20H28O5/c1-4-5-6-16-11-18(25-20(16)22)13-24-19(21)15-7-9-17(10-8-15)23-12-14(2)3/h7-10,14,16,18H,4-6,11-13H2,1-3H3/t16-,18-/m0/s1. The fourth-order valence-corrected chi connectivity index (χ4v) is 2.71. The molecule has 0 radical (unpaired) electrons. The van der Waals surface area contributed by atoms with Crippen LogP contribution in [-0.2, 0) is 14.3 Å². The van der Waals surface area contributed by atoms with E-state index in [0.717, 1.165) is 25.0 Å². The maximum Gasteiger partial charge on any atom is 0.338 e. The second-order valence-corrected chi connectivity index (χ2v) is 6.96. The molecule has 1 aliphatic heterocycles. The summed E-state index contributed by atoms with van der Waals surface area (Å²) in [5, 5.41) is 0. The molecule has 0 unspecified atom stereocenters. The van der Waals surface area contributed by atoms with Crippen molar-refractivity contribution < 1.29 is 23.8 Å². The number of carbonyl (C=O) groups excluding carboxylic acids is 2. The van der Waals surface area contributed by atoms with Crippen molar-refractivity contribution in [2.75, 3.05) is 13.2 Å². The summed E-state index contributed by atoms with van der Waals surface area (Å²) < 4.78 is 16.2. The Balaban J connectivity index is 1.77. The predicted octanol–water partition coefficient (Wildman–Crippen LogP) is 4.00. The van der Waals surface area contributed by atoms with E-state index in [1.165, 1.54) is 0 Å². The van der Waals surface area contributed by atoms with Crippen molar-refractivity contribution in [3.8, 4) is 5.75 Å². The van der Waals surface area contributed by atoms with Gasteiger partial charge in [0.15, 0.2) is 0 Å². The number of hydrogen-bond acceptors (Lipinski definition) is 5. The van der Waals surface area contributed by atoms with Crippen LogP contribution in [0.2, 0.25) is 0 Å². The minimum absolute atomic E-state index is 0.0546. The number of benzene rings is 1. The molecule has 1 aromatic carbocycles. The first-order valence-corrected chi connectivity index (χ1v) is 9.10. The number of rotatable bonds is 9. The summed E-state index contributed by atoms with van der Waals surface area (Å²) in [5.74, 6) is 0.541. The largest absolute Gasteiger partial charge is 0.493 e. The van der Waals surface area contributed by atoms with Gasteiger partial charge >= 0.3 is 11.9 Å². The van der Waals surface area contributed by atoms with E-state index in [0.29, 0.717) is 24.5 Å². The van der Waals surface area contributed by atoms with Gasteiger partial charge in [-0.25, -0.2) is 4.79 Å². The molecule has 5 heteroatoms. The Morgan fingerprint density at radius 3 is 2.64 bits per heavy atom. The average molecular weight is 348 g/mol. The van der Waals surface area contributed by atoms with Gasteiger partial charge in [0, 0.05) is 6.42 Å². The van der Waals surface area contributed by atoms with Crippen LogP contribution in [0.3, 0.4) is 0 Å². The molecule has 0 amide bonds. The van der Waals surface area contributed by atoms with Gasteiger partial charge in [0.05, 0.1) is 18.1 Å². The Kier molecular flexibility index (Phi) is 7.29. The molecule has 2 rings (SSSR count). The molecule has 25 heavy (non-hydrogen) atoms. The highest BCUT2D eigenvalue weighted by atomic mass is 16.6. The summed E-state index contributed by atoms with van der Waals surface area (Å²) in [6, 6.07) is 6.89. The van der Waals surface area contributed by atoms with E-state index in [2.05, 4.69) is 20.8 Å². The maximum atomic E-state index is 12.1. The lowest BCUT2D eigenvalue weighted by atomic mass is 9.99. The van der Waals surface area contributed by atoms with Crippen LogP contribution in [0.4, 0.5) is 0 Å². The van der Waals surface area contributed by atoms with Gasteiger partial charge in [-0.3, -0.25) is 4.79 Å². The van der Waals surface area contributed by atoms with Gasteiger partial charge in [-0.15, -0.1) is 0 Å². The van der Waals surface area contributed by atoms with E-state index in [4.69, 9.17) is 14.2 Å². The van der Waals surface area contributed by atoms with Crippen molar-refractivity contribution in [3.05, 3.63) is 29.8 Å². The third-order valence-corrected chi connectivity index (χ3v) is 4.14. The third-order valence-electron chi connectivity index (χ3n) is 4.14. The molecule has 5 nitrogen and oxygen atoms in total. The average Bonchev–Trinajstić information content (AvgIpc) is 2.96. The molecule has 1 aliphatic rings. The normalized spacial score (nSPS) is 19.8. The fourth-order valence-electron chi connectivity index (χ4n) is 2.71. The quantitative estimate of drug-likeness (QED) is 0.631. The van der Waals surface area contributed by atoms with E-state index in [1.54, 1.807) is 24.3 Å². The third kappa shape index (κ3) is 6.07. The lowest BCUT2D eigenvalue weighted by Crippen LogP contribution is -2.18. The molecule has 0 aromatic heterocycles. The van der Waals surface area contributed by atoms with Crippen molar-refractivity contribution in [1.29, 1.82) is 0 Å². The van der Waals surface area contributed by atoms with Gasteiger partial charge in [-0.05, 0) is 36.6 Å². The van der Waals surface area contributed by atoms with E-state index in [1.807, 2.05) is 0 Å². The van der Waals surface area contributed by atoms with Gasteiger partial charge in [0.1, 0.15) is 18.5 Å². The smallest absolute Gasteiger partial charge is 0.338 e. The lowest BCUT2D eigenvalue weighted by Gasteiger charge is -2.11. The number of ether oxygens (including phenoxy) is 3. The zero-order chi connectivity index (χ0) is 18.2. The first-order valence-electron chi connectivity index (χ1n) is 9.10. The van der Waals surface area contributed by atoms with Gasteiger partial charge in [-0.2, -0.15) is 0 Å². The molecule has 0 spiro atoms. The minimum Gasteiger partial charge on any atom is -0.493 e. The Hall–Kier alpha value is -2.04. The molecular weight excluding hydrogens is 320 g/mol.